The highest BCUT2D eigenvalue weighted by atomic mass is 79.9. The van der Waals surface area contributed by atoms with Crippen LogP contribution in [0.15, 0.2) is 63.9 Å². The number of fused-ring (bicyclic) bond motifs is 1. The van der Waals surface area contributed by atoms with E-state index in [0.29, 0.717) is 11.5 Å². The van der Waals surface area contributed by atoms with Gasteiger partial charge in [-0.2, -0.15) is 0 Å². The zero-order chi connectivity index (χ0) is 13.2. The van der Waals surface area contributed by atoms with E-state index >= 15 is 0 Å². The fraction of sp³-hybridized carbons (Fsp3) is 0. The minimum absolute atomic E-state index is 0.180. The first-order valence-corrected chi connectivity index (χ1v) is 6.57. The van der Waals surface area contributed by atoms with Crippen molar-refractivity contribution < 1.29 is 4.74 Å². The molecular formula is C15H10BrNO2. The standard InChI is InChI=1S/C15H10BrNO2/c16-10-6-7-13-12(8-10)14(9-15(18)17-13)19-11-4-2-1-3-5-11/h1-9H,(H,17,18). The van der Waals surface area contributed by atoms with Crippen LogP contribution in [0.1, 0.15) is 0 Å². The quantitative estimate of drug-likeness (QED) is 0.774. The smallest absolute Gasteiger partial charge is 0.252 e. The Hall–Kier alpha value is -2.07. The van der Waals surface area contributed by atoms with Gasteiger partial charge < -0.3 is 9.72 Å². The van der Waals surface area contributed by atoms with E-state index in [9.17, 15) is 4.79 Å². The van der Waals surface area contributed by atoms with Gasteiger partial charge in [-0.25, -0.2) is 0 Å². The molecule has 0 saturated heterocycles. The van der Waals surface area contributed by atoms with Crippen LogP contribution in [0.5, 0.6) is 11.5 Å². The van der Waals surface area contributed by atoms with Crippen LogP contribution in [0, 0.1) is 0 Å². The van der Waals surface area contributed by atoms with Crippen molar-refractivity contribution in [1.29, 1.82) is 0 Å². The van der Waals surface area contributed by atoms with Crippen LogP contribution in [-0.2, 0) is 0 Å². The van der Waals surface area contributed by atoms with Crippen LogP contribution in [0.25, 0.3) is 10.9 Å². The molecule has 3 nitrogen and oxygen atoms in total. The van der Waals surface area contributed by atoms with Gasteiger partial charge >= 0.3 is 0 Å². The number of aromatic nitrogens is 1. The van der Waals surface area contributed by atoms with Gasteiger partial charge in [-0.3, -0.25) is 4.79 Å². The van der Waals surface area contributed by atoms with Gasteiger partial charge in [0.15, 0.2) is 0 Å². The number of benzene rings is 2. The Kier molecular flexibility index (Phi) is 3.09. The third-order valence-corrected chi connectivity index (χ3v) is 3.23. The minimum Gasteiger partial charge on any atom is -0.456 e. The topological polar surface area (TPSA) is 42.1 Å². The number of para-hydroxylation sites is 1. The highest BCUT2D eigenvalue weighted by Gasteiger charge is 2.06. The molecule has 0 atom stereocenters. The predicted molar refractivity (Wildman–Crippen MR) is 78.8 cm³/mol. The molecule has 0 bridgehead atoms. The molecule has 94 valence electrons. The minimum atomic E-state index is -0.180. The summed E-state index contributed by atoms with van der Waals surface area (Å²) >= 11 is 3.42. The predicted octanol–water partition coefficient (Wildman–Crippen LogP) is 4.08. The molecule has 0 aliphatic heterocycles. The summed E-state index contributed by atoms with van der Waals surface area (Å²) in [5, 5.41) is 0.859. The third-order valence-electron chi connectivity index (χ3n) is 2.74. The molecule has 0 aliphatic rings. The Morgan fingerprint density at radius 2 is 1.79 bits per heavy atom. The Morgan fingerprint density at radius 1 is 1.00 bits per heavy atom. The van der Waals surface area contributed by atoms with E-state index < -0.39 is 0 Å². The SMILES string of the molecule is O=c1cc(Oc2ccccc2)c2cc(Br)ccc2[nH]1. The average Bonchev–Trinajstić information content (AvgIpc) is 2.41. The van der Waals surface area contributed by atoms with Gasteiger partial charge in [-0.15, -0.1) is 0 Å². The van der Waals surface area contributed by atoms with Crippen LogP contribution in [0.3, 0.4) is 0 Å². The summed E-state index contributed by atoms with van der Waals surface area (Å²) in [4.78, 5) is 14.4. The number of halogens is 1. The van der Waals surface area contributed by atoms with Crippen molar-refractivity contribution >= 4 is 26.8 Å². The molecule has 0 unspecified atom stereocenters. The van der Waals surface area contributed by atoms with Crippen molar-refractivity contribution in [2.24, 2.45) is 0 Å². The van der Waals surface area contributed by atoms with E-state index in [1.807, 2.05) is 48.5 Å². The molecular weight excluding hydrogens is 306 g/mol. The first-order valence-electron chi connectivity index (χ1n) is 5.78. The average molecular weight is 316 g/mol. The second kappa shape index (κ2) is 4.90. The van der Waals surface area contributed by atoms with Gasteiger partial charge in [0.25, 0.3) is 5.56 Å². The van der Waals surface area contributed by atoms with Crippen LogP contribution >= 0.6 is 15.9 Å². The van der Waals surface area contributed by atoms with Crippen LogP contribution < -0.4 is 10.3 Å². The first-order chi connectivity index (χ1) is 9.22. The van der Waals surface area contributed by atoms with Gasteiger partial charge in [0.05, 0.1) is 5.52 Å². The number of hydrogen-bond acceptors (Lipinski definition) is 2. The van der Waals surface area contributed by atoms with Crippen LogP contribution in [0.4, 0.5) is 0 Å². The second-order valence-electron chi connectivity index (χ2n) is 4.10. The summed E-state index contributed by atoms with van der Waals surface area (Å²) in [5.41, 5.74) is 0.572. The molecule has 19 heavy (non-hydrogen) atoms. The molecule has 0 fully saturated rings. The molecule has 0 spiro atoms. The summed E-state index contributed by atoms with van der Waals surface area (Å²) < 4.78 is 6.72. The summed E-state index contributed by atoms with van der Waals surface area (Å²) in [6.07, 6.45) is 0. The van der Waals surface area contributed by atoms with Gasteiger partial charge in [-0.05, 0) is 30.3 Å². The normalized spacial score (nSPS) is 10.6. The zero-order valence-corrected chi connectivity index (χ0v) is 11.5. The van der Waals surface area contributed by atoms with E-state index in [1.165, 1.54) is 6.07 Å². The molecule has 0 saturated carbocycles. The number of pyridine rings is 1. The van der Waals surface area contributed by atoms with Crippen LogP contribution in [0.2, 0.25) is 0 Å². The zero-order valence-electron chi connectivity index (χ0n) is 9.89. The third kappa shape index (κ3) is 2.53. The molecule has 1 heterocycles. The first kappa shape index (κ1) is 12.0. The Labute approximate surface area is 118 Å². The Bertz CT molecular complexity index is 781. The monoisotopic (exact) mass is 315 g/mol. The highest BCUT2D eigenvalue weighted by Crippen LogP contribution is 2.29. The lowest BCUT2D eigenvalue weighted by molar-refractivity contribution is 0.487. The number of ether oxygens (including phenoxy) is 1. The van der Waals surface area contributed by atoms with Crippen molar-refractivity contribution in [2.75, 3.05) is 0 Å². The van der Waals surface area contributed by atoms with Gasteiger partial charge in [0, 0.05) is 15.9 Å². The Balaban J connectivity index is 2.17. The van der Waals surface area contributed by atoms with E-state index in [0.717, 1.165) is 15.4 Å². The molecule has 0 aliphatic carbocycles. The lowest BCUT2D eigenvalue weighted by Crippen LogP contribution is -2.04. The largest absolute Gasteiger partial charge is 0.456 e. The molecule has 3 aromatic rings. The Morgan fingerprint density at radius 3 is 2.58 bits per heavy atom. The van der Waals surface area contributed by atoms with E-state index in [2.05, 4.69) is 20.9 Å². The number of nitrogens with one attached hydrogen (secondary N) is 1. The summed E-state index contributed by atoms with van der Waals surface area (Å²) in [7, 11) is 0. The number of aromatic amines is 1. The van der Waals surface area contributed by atoms with Gasteiger partial charge in [0.1, 0.15) is 11.5 Å². The summed E-state index contributed by atoms with van der Waals surface area (Å²) in [5.74, 6) is 1.25. The van der Waals surface area contributed by atoms with Crippen molar-refractivity contribution in [3.05, 3.63) is 69.4 Å². The van der Waals surface area contributed by atoms with E-state index in [-0.39, 0.29) is 5.56 Å². The van der Waals surface area contributed by atoms with Crippen molar-refractivity contribution in [3.8, 4) is 11.5 Å². The van der Waals surface area contributed by atoms with Gasteiger partial charge in [0.2, 0.25) is 0 Å². The lowest BCUT2D eigenvalue weighted by Gasteiger charge is -2.08. The summed E-state index contributed by atoms with van der Waals surface area (Å²) in [6.45, 7) is 0. The van der Waals surface area contributed by atoms with Crippen LogP contribution in [-0.4, -0.2) is 4.98 Å². The number of rotatable bonds is 2. The maximum Gasteiger partial charge on any atom is 0.252 e. The molecule has 1 aromatic heterocycles. The molecule has 2 aromatic carbocycles. The van der Waals surface area contributed by atoms with E-state index in [1.54, 1.807) is 0 Å². The van der Waals surface area contributed by atoms with E-state index in [4.69, 9.17) is 4.74 Å². The molecule has 4 heteroatoms. The molecule has 0 amide bonds. The highest BCUT2D eigenvalue weighted by molar-refractivity contribution is 9.10. The van der Waals surface area contributed by atoms with Crippen molar-refractivity contribution in [2.45, 2.75) is 0 Å². The summed E-state index contributed by atoms with van der Waals surface area (Å²) in [6, 6.07) is 16.5. The van der Waals surface area contributed by atoms with Crippen molar-refractivity contribution in [1.82, 2.24) is 4.98 Å². The fourth-order valence-corrected chi connectivity index (χ4v) is 2.26. The van der Waals surface area contributed by atoms with Crippen molar-refractivity contribution in [3.63, 3.8) is 0 Å². The molecule has 1 N–H and O–H groups in total. The number of H-pyrrole nitrogens is 1. The maximum absolute atomic E-state index is 11.6. The lowest BCUT2D eigenvalue weighted by atomic mass is 10.2. The van der Waals surface area contributed by atoms with Gasteiger partial charge in [-0.1, -0.05) is 34.1 Å². The molecule has 0 radical (unpaired) electrons. The second-order valence-corrected chi connectivity index (χ2v) is 5.02. The molecule has 3 rings (SSSR count). The number of hydrogen-bond donors (Lipinski definition) is 1. The fourth-order valence-electron chi connectivity index (χ4n) is 1.89. The maximum atomic E-state index is 11.6.